The largest absolute Gasteiger partial charge is 0.329 e. The molecule has 0 unspecified atom stereocenters. The van der Waals surface area contributed by atoms with Crippen LogP contribution in [-0.2, 0) is 12.8 Å². The van der Waals surface area contributed by atoms with Crippen LogP contribution in [-0.4, -0.2) is 25.7 Å². The third-order valence-corrected chi connectivity index (χ3v) is 5.03. The second-order valence-electron chi connectivity index (χ2n) is 7.26. The van der Waals surface area contributed by atoms with Crippen LogP contribution in [0.3, 0.4) is 0 Å². The summed E-state index contributed by atoms with van der Waals surface area (Å²) in [5.74, 6) is 0.693. The molecule has 5 N–H and O–H groups in total. The minimum atomic E-state index is 0.142. The third kappa shape index (κ3) is 8.61. The molecule has 0 aliphatic rings. The molecule has 0 saturated heterocycles. The molecular formula is C23H35N3. The van der Waals surface area contributed by atoms with Gasteiger partial charge in [-0.05, 0) is 68.7 Å². The lowest BCUT2D eigenvalue weighted by Crippen LogP contribution is -2.31. The summed E-state index contributed by atoms with van der Waals surface area (Å²) >= 11 is 0. The fraction of sp³-hybridized carbons (Fsp3) is 0.478. The van der Waals surface area contributed by atoms with Gasteiger partial charge in [-0.15, -0.1) is 0 Å². The van der Waals surface area contributed by atoms with Crippen molar-refractivity contribution in [2.75, 3.05) is 19.6 Å². The minimum absolute atomic E-state index is 0.142. The molecule has 2 rings (SSSR count). The predicted octanol–water partition coefficient (Wildman–Crippen LogP) is 3.52. The van der Waals surface area contributed by atoms with Gasteiger partial charge in [-0.3, -0.25) is 0 Å². The van der Waals surface area contributed by atoms with Crippen molar-refractivity contribution >= 4 is 0 Å². The molecule has 26 heavy (non-hydrogen) atoms. The minimum Gasteiger partial charge on any atom is -0.329 e. The first-order chi connectivity index (χ1) is 12.8. The Morgan fingerprint density at radius 1 is 0.769 bits per heavy atom. The van der Waals surface area contributed by atoms with Crippen LogP contribution in [0.25, 0.3) is 0 Å². The van der Waals surface area contributed by atoms with Gasteiger partial charge in [-0.25, -0.2) is 0 Å². The summed E-state index contributed by atoms with van der Waals surface area (Å²) in [6.07, 6.45) is 6.86. The van der Waals surface area contributed by atoms with Crippen LogP contribution in [0.5, 0.6) is 0 Å². The van der Waals surface area contributed by atoms with Gasteiger partial charge >= 0.3 is 0 Å². The zero-order chi connectivity index (χ0) is 18.5. The fourth-order valence-electron chi connectivity index (χ4n) is 3.29. The molecule has 0 amide bonds. The van der Waals surface area contributed by atoms with Gasteiger partial charge < -0.3 is 16.8 Å². The maximum atomic E-state index is 5.89. The smallest absolute Gasteiger partial charge is 0.0163 e. The first kappa shape index (κ1) is 20.6. The van der Waals surface area contributed by atoms with E-state index in [-0.39, 0.29) is 6.04 Å². The predicted molar refractivity (Wildman–Crippen MR) is 112 cm³/mol. The molecule has 0 heterocycles. The first-order valence-corrected chi connectivity index (χ1v) is 10.0. The highest BCUT2D eigenvalue weighted by atomic mass is 14.9. The van der Waals surface area contributed by atoms with Gasteiger partial charge in [-0.1, -0.05) is 60.7 Å². The summed E-state index contributed by atoms with van der Waals surface area (Å²) < 4.78 is 0. The highest BCUT2D eigenvalue weighted by Crippen LogP contribution is 2.16. The Hall–Kier alpha value is -1.68. The van der Waals surface area contributed by atoms with E-state index in [2.05, 4.69) is 66.0 Å². The molecule has 2 aromatic carbocycles. The van der Waals surface area contributed by atoms with Crippen LogP contribution in [0.2, 0.25) is 0 Å². The van der Waals surface area contributed by atoms with E-state index in [0.29, 0.717) is 12.5 Å². The number of nitrogens with two attached hydrogens (primary N) is 2. The molecule has 0 radical (unpaired) electrons. The summed E-state index contributed by atoms with van der Waals surface area (Å²) in [5.41, 5.74) is 14.3. The molecule has 1 atom stereocenters. The molecule has 2 aromatic rings. The number of benzene rings is 2. The Kier molecular flexibility index (Phi) is 10.0. The normalized spacial score (nSPS) is 12.4. The van der Waals surface area contributed by atoms with Gasteiger partial charge in [0.15, 0.2) is 0 Å². The van der Waals surface area contributed by atoms with Crippen LogP contribution in [0, 0.1) is 5.92 Å². The summed E-state index contributed by atoms with van der Waals surface area (Å²) in [6, 6.07) is 21.8. The summed E-state index contributed by atoms with van der Waals surface area (Å²) in [5, 5.41) is 3.64. The molecule has 0 spiro atoms. The van der Waals surface area contributed by atoms with E-state index in [4.69, 9.17) is 11.5 Å². The number of hydrogen-bond donors (Lipinski definition) is 3. The van der Waals surface area contributed by atoms with E-state index in [0.717, 1.165) is 38.8 Å². The maximum absolute atomic E-state index is 5.89. The lowest BCUT2D eigenvalue weighted by Gasteiger charge is -2.18. The lowest BCUT2D eigenvalue weighted by molar-refractivity contribution is 0.413. The number of hydrogen-bond acceptors (Lipinski definition) is 3. The second-order valence-corrected chi connectivity index (χ2v) is 7.26. The Morgan fingerprint density at radius 2 is 1.31 bits per heavy atom. The summed E-state index contributed by atoms with van der Waals surface area (Å²) in [4.78, 5) is 0. The molecule has 142 valence electrons. The molecule has 0 fully saturated rings. The van der Waals surface area contributed by atoms with Gasteiger partial charge in [0.05, 0.1) is 0 Å². The number of rotatable bonds is 13. The van der Waals surface area contributed by atoms with Crippen LogP contribution < -0.4 is 16.8 Å². The quantitative estimate of drug-likeness (QED) is 0.483. The van der Waals surface area contributed by atoms with Crippen LogP contribution >= 0.6 is 0 Å². The molecule has 3 heteroatoms. The van der Waals surface area contributed by atoms with E-state index < -0.39 is 0 Å². The molecule has 3 nitrogen and oxygen atoms in total. The van der Waals surface area contributed by atoms with Crippen molar-refractivity contribution in [1.29, 1.82) is 0 Å². The van der Waals surface area contributed by atoms with Crippen molar-refractivity contribution in [2.24, 2.45) is 17.4 Å². The average Bonchev–Trinajstić information content (AvgIpc) is 2.70. The van der Waals surface area contributed by atoms with Gasteiger partial charge in [0.2, 0.25) is 0 Å². The van der Waals surface area contributed by atoms with Gasteiger partial charge in [0.25, 0.3) is 0 Å². The van der Waals surface area contributed by atoms with E-state index in [1.54, 1.807) is 0 Å². The first-order valence-electron chi connectivity index (χ1n) is 10.0. The van der Waals surface area contributed by atoms with Crippen molar-refractivity contribution < 1.29 is 0 Å². The molecule has 0 saturated carbocycles. The summed E-state index contributed by atoms with van der Waals surface area (Å²) in [7, 11) is 0. The van der Waals surface area contributed by atoms with E-state index in [1.165, 1.54) is 24.0 Å². The van der Waals surface area contributed by atoms with Crippen molar-refractivity contribution in [1.82, 2.24) is 5.32 Å². The molecule has 0 bridgehead atoms. The fourth-order valence-corrected chi connectivity index (χ4v) is 3.29. The third-order valence-electron chi connectivity index (χ3n) is 5.03. The van der Waals surface area contributed by atoms with Crippen molar-refractivity contribution in [3.63, 3.8) is 0 Å². The van der Waals surface area contributed by atoms with Crippen LogP contribution in [0.1, 0.15) is 36.8 Å². The van der Waals surface area contributed by atoms with Crippen molar-refractivity contribution in [3.8, 4) is 0 Å². The van der Waals surface area contributed by atoms with Gasteiger partial charge in [-0.2, -0.15) is 0 Å². The Balaban J connectivity index is 1.76. The topological polar surface area (TPSA) is 64.1 Å². The standard InChI is InChI=1S/C23H35N3/c24-18-23(25)12-7-17-26-19-22(15-13-20-8-3-1-4-9-20)16-14-21-10-5-2-6-11-21/h1-6,8-11,22-23,26H,7,12-19,24-25H2/t23-/m0/s1. The number of nitrogens with one attached hydrogen (secondary N) is 1. The maximum Gasteiger partial charge on any atom is 0.0163 e. The Bertz CT molecular complexity index is 527. The molecular weight excluding hydrogens is 318 g/mol. The average molecular weight is 354 g/mol. The monoisotopic (exact) mass is 353 g/mol. The highest BCUT2D eigenvalue weighted by Gasteiger charge is 2.10. The Morgan fingerprint density at radius 3 is 1.81 bits per heavy atom. The molecule has 0 aliphatic carbocycles. The van der Waals surface area contributed by atoms with E-state index in [9.17, 15) is 0 Å². The van der Waals surface area contributed by atoms with Crippen molar-refractivity contribution in [3.05, 3.63) is 71.8 Å². The highest BCUT2D eigenvalue weighted by molar-refractivity contribution is 5.16. The van der Waals surface area contributed by atoms with Gasteiger partial charge in [0.1, 0.15) is 0 Å². The van der Waals surface area contributed by atoms with E-state index >= 15 is 0 Å². The molecule has 0 aliphatic heterocycles. The summed E-state index contributed by atoms with van der Waals surface area (Å²) in [6.45, 7) is 2.69. The zero-order valence-corrected chi connectivity index (χ0v) is 15.9. The van der Waals surface area contributed by atoms with Crippen molar-refractivity contribution in [2.45, 2.75) is 44.6 Å². The van der Waals surface area contributed by atoms with Crippen LogP contribution in [0.15, 0.2) is 60.7 Å². The SMILES string of the molecule is NC[C@@H](N)CCCNCC(CCc1ccccc1)CCc1ccccc1. The van der Waals surface area contributed by atoms with Crippen LogP contribution in [0.4, 0.5) is 0 Å². The zero-order valence-electron chi connectivity index (χ0n) is 15.9. The van der Waals surface area contributed by atoms with E-state index in [1.807, 2.05) is 0 Å². The van der Waals surface area contributed by atoms with Gasteiger partial charge in [0, 0.05) is 12.6 Å². The second kappa shape index (κ2) is 12.6. The molecule has 0 aromatic heterocycles. The Labute approximate surface area is 159 Å². The number of aryl methyl sites for hydroxylation is 2. The lowest BCUT2D eigenvalue weighted by atomic mass is 9.93.